The predicted octanol–water partition coefficient (Wildman–Crippen LogP) is 3.63. The van der Waals surface area contributed by atoms with E-state index in [2.05, 4.69) is 6.92 Å². The smallest absolute Gasteiger partial charge is 0.306 e. The molecule has 0 aromatic heterocycles. The lowest BCUT2D eigenvalue weighted by molar-refractivity contribution is -0.142. The van der Waals surface area contributed by atoms with Gasteiger partial charge >= 0.3 is 5.97 Å². The van der Waals surface area contributed by atoms with E-state index in [0.29, 0.717) is 13.0 Å². The van der Waals surface area contributed by atoms with Gasteiger partial charge in [0.1, 0.15) is 6.61 Å². The molecule has 0 atom stereocenters. The number of rotatable bonds is 8. The average molecular weight is 210 g/mol. The molecule has 0 N–H and O–H groups in total. The lowest BCUT2D eigenvalue weighted by Crippen LogP contribution is -2.03. The monoisotopic (exact) mass is 210 g/mol. The Hall–Kier alpha value is -1.05. The fraction of sp³-hybridized carbons (Fsp3) is 0.615. The number of unbranched alkanes of at least 4 members (excludes halogenated alkanes) is 3. The van der Waals surface area contributed by atoms with Crippen molar-refractivity contribution in [2.75, 3.05) is 6.61 Å². The van der Waals surface area contributed by atoms with Crippen molar-refractivity contribution in [2.45, 2.75) is 46.0 Å². The van der Waals surface area contributed by atoms with Crippen molar-refractivity contribution in [3.8, 4) is 0 Å². The van der Waals surface area contributed by atoms with Crippen molar-refractivity contribution >= 4 is 5.97 Å². The number of hydrogen-bond donors (Lipinski definition) is 0. The first-order chi connectivity index (χ1) is 7.31. The van der Waals surface area contributed by atoms with Crippen molar-refractivity contribution in [3.63, 3.8) is 0 Å². The summed E-state index contributed by atoms with van der Waals surface area (Å²) in [7, 11) is 0. The number of carbonyl (C=O) groups is 1. The fourth-order valence-electron chi connectivity index (χ4n) is 1.15. The van der Waals surface area contributed by atoms with Crippen molar-refractivity contribution in [1.82, 2.24) is 0 Å². The topological polar surface area (TPSA) is 26.3 Å². The van der Waals surface area contributed by atoms with Crippen LogP contribution in [0.25, 0.3) is 0 Å². The molecule has 0 fully saturated rings. The molecule has 0 saturated heterocycles. The quantitative estimate of drug-likeness (QED) is 0.347. The van der Waals surface area contributed by atoms with Crippen LogP contribution in [-0.2, 0) is 9.53 Å². The Morgan fingerprint density at radius 3 is 2.67 bits per heavy atom. The van der Waals surface area contributed by atoms with E-state index in [9.17, 15) is 4.79 Å². The largest absolute Gasteiger partial charge is 0.461 e. The van der Waals surface area contributed by atoms with E-state index in [1.54, 1.807) is 0 Å². The van der Waals surface area contributed by atoms with E-state index in [1.807, 2.05) is 31.2 Å². The van der Waals surface area contributed by atoms with E-state index in [4.69, 9.17) is 4.74 Å². The summed E-state index contributed by atoms with van der Waals surface area (Å²) in [6.45, 7) is 4.49. The van der Waals surface area contributed by atoms with E-state index in [-0.39, 0.29) is 5.97 Å². The zero-order chi connectivity index (χ0) is 11.4. The van der Waals surface area contributed by atoms with Crippen molar-refractivity contribution in [1.29, 1.82) is 0 Å². The van der Waals surface area contributed by atoms with Gasteiger partial charge in [-0.1, -0.05) is 44.4 Å². The summed E-state index contributed by atoms with van der Waals surface area (Å²) >= 11 is 0. The Balaban J connectivity index is 3.33. The number of ether oxygens (including phenoxy) is 1. The number of allylic oxidation sites excluding steroid dienone is 3. The van der Waals surface area contributed by atoms with Crippen LogP contribution in [0.2, 0.25) is 0 Å². The normalized spacial score (nSPS) is 11.3. The van der Waals surface area contributed by atoms with Gasteiger partial charge in [0.05, 0.1) is 0 Å². The molecule has 0 aliphatic rings. The number of esters is 1. The third kappa shape index (κ3) is 10.9. The minimum absolute atomic E-state index is 0.0868. The van der Waals surface area contributed by atoms with Crippen LogP contribution in [0.5, 0.6) is 0 Å². The van der Waals surface area contributed by atoms with E-state index in [0.717, 1.165) is 12.8 Å². The Labute approximate surface area is 93.0 Å². The standard InChI is InChI=1S/C13H22O2/c1-3-5-7-9-11-13(14)15-12-10-8-6-4-2/h4,6,8,10H,3,5,7,9,11-12H2,1-2H3/b6-4+,10-8-. The third-order valence-corrected chi connectivity index (χ3v) is 2.01. The molecule has 2 nitrogen and oxygen atoms in total. The van der Waals surface area contributed by atoms with Crippen LogP contribution in [0.15, 0.2) is 24.3 Å². The van der Waals surface area contributed by atoms with Crippen LogP contribution in [0.4, 0.5) is 0 Å². The lowest BCUT2D eigenvalue weighted by atomic mass is 10.2. The van der Waals surface area contributed by atoms with E-state index >= 15 is 0 Å². The van der Waals surface area contributed by atoms with Gasteiger partial charge in [0.15, 0.2) is 0 Å². The highest BCUT2D eigenvalue weighted by molar-refractivity contribution is 5.69. The van der Waals surface area contributed by atoms with Gasteiger partial charge in [-0.2, -0.15) is 0 Å². The Kier molecular flexibility index (Phi) is 10.3. The fourth-order valence-corrected chi connectivity index (χ4v) is 1.15. The van der Waals surface area contributed by atoms with E-state index < -0.39 is 0 Å². The molecule has 86 valence electrons. The van der Waals surface area contributed by atoms with Crippen molar-refractivity contribution < 1.29 is 9.53 Å². The minimum atomic E-state index is -0.0868. The Morgan fingerprint density at radius 1 is 1.20 bits per heavy atom. The number of carbonyl (C=O) groups excluding carboxylic acids is 1. The molecule has 0 amide bonds. The highest BCUT2D eigenvalue weighted by Crippen LogP contribution is 2.03. The van der Waals surface area contributed by atoms with Crippen LogP contribution in [0, 0.1) is 0 Å². The van der Waals surface area contributed by atoms with Gasteiger partial charge in [0.25, 0.3) is 0 Å². The SMILES string of the molecule is C/C=C/C=C\COC(=O)CCCCCC. The van der Waals surface area contributed by atoms with Gasteiger partial charge in [0, 0.05) is 6.42 Å². The molecule has 0 bridgehead atoms. The second-order valence-electron chi connectivity index (χ2n) is 3.45. The highest BCUT2D eigenvalue weighted by Gasteiger charge is 1.99. The summed E-state index contributed by atoms with van der Waals surface area (Å²) in [5.74, 6) is -0.0868. The zero-order valence-corrected chi connectivity index (χ0v) is 9.87. The molecule has 0 spiro atoms. The Morgan fingerprint density at radius 2 is 2.00 bits per heavy atom. The maximum atomic E-state index is 11.2. The zero-order valence-electron chi connectivity index (χ0n) is 9.87. The second-order valence-corrected chi connectivity index (χ2v) is 3.45. The maximum absolute atomic E-state index is 11.2. The van der Waals surface area contributed by atoms with Crippen LogP contribution in [0.1, 0.15) is 46.0 Å². The summed E-state index contributed by atoms with van der Waals surface area (Å²) < 4.78 is 5.01. The van der Waals surface area contributed by atoms with Crippen LogP contribution < -0.4 is 0 Å². The van der Waals surface area contributed by atoms with E-state index in [1.165, 1.54) is 12.8 Å². The van der Waals surface area contributed by atoms with Gasteiger partial charge in [-0.15, -0.1) is 0 Å². The lowest BCUT2D eigenvalue weighted by Gasteiger charge is -2.00. The van der Waals surface area contributed by atoms with Crippen molar-refractivity contribution in [3.05, 3.63) is 24.3 Å². The molecule has 0 aromatic rings. The first-order valence-electron chi connectivity index (χ1n) is 5.74. The molecule has 0 aromatic carbocycles. The summed E-state index contributed by atoms with van der Waals surface area (Å²) in [5, 5.41) is 0. The molecule has 0 rings (SSSR count). The molecular weight excluding hydrogens is 188 g/mol. The molecule has 0 aliphatic carbocycles. The van der Waals surface area contributed by atoms with Gasteiger partial charge in [0.2, 0.25) is 0 Å². The molecular formula is C13H22O2. The molecule has 2 heteroatoms. The van der Waals surface area contributed by atoms with Crippen LogP contribution >= 0.6 is 0 Å². The minimum Gasteiger partial charge on any atom is -0.461 e. The first-order valence-corrected chi connectivity index (χ1v) is 5.74. The summed E-state index contributed by atoms with van der Waals surface area (Å²) in [6, 6.07) is 0. The van der Waals surface area contributed by atoms with Crippen LogP contribution in [0.3, 0.4) is 0 Å². The molecule has 0 aliphatic heterocycles. The van der Waals surface area contributed by atoms with Crippen molar-refractivity contribution in [2.24, 2.45) is 0 Å². The molecule has 0 radical (unpaired) electrons. The van der Waals surface area contributed by atoms with Gasteiger partial charge in [-0.3, -0.25) is 4.79 Å². The Bertz CT molecular complexity index is 205. The third-order valence-electron chi connectivity index (χ3n) is 2.01. The molecule has 15 heavy (non-hydrogen) atoms. The maximum Gasteiger partial charge on any atom is 0.306 e. The van der Waals surface area contributed by atoms with Gasteiger partial charge in [-0.05, 0) is 19.4 Å². The summed E-state index contributed by atoms with van der Waals surface area (Å²) in [5.41, 5.74) is 0. The first kappa shape index (κ1) is 13.9. The highest BCUT2D eigenvalue weighted by atomic mass is 16.5. The average Bonchev–Trinajstić information content (AvgIpc) is 2.24. The van der Waals surface area contributed by atoms with Gasteiger partial charge < -0.3 is 4.74 Å². The predicted molar refractivity (Wildman–Crippen MR) is 63.7 cm³/mol. The molecule has 0 saturated carbocycles. The second kappa shape index (κ2) is 11.0. The summed E-state index contributed by atoms with van der Waals surface area (Å²) in [4.78, 5) is 11.2. The van der Waals surface area contributed by atoms with Gasteiger partial charge in [-0.25, -0.2) is 0 Å². The number of hydrogen-bond acceptors (Lipinski definition) is 2. The molecule has 0 heterocycles. The van der Waals surface area contributed by atoms with Crippen LogP contribution in [-0.4, -0.2) is 12.6 Å². The molecule has 0 unspecified atom stereocenters. The summed E-state index contributed by atoms with van der Waals surface area (Å²) in [6.07, 6.45) is 12.6.